The first-order chi connectivity index (χ1) is 8.99. The maximum absolute atomic E-state index is 12.1. The van der Waals surface area contributed by atoms with Gasteiger partial charge in [0.25, 0.3) is 0 Å². The number of carbonyl (C=O) groups excluding carboxylic acids is 1. The first kappa shape index (κ1) is 16.2. The van der Waals surface area contributed by atoms with Crippen LogP contribution in [0.5, 0.6) is 0 Å². The van der Waals surface area contributed by atoms with E-state index < -0.39 is 6.09 Å². The van der Waals surface area contributed by atoms with E-state index in [1.54, 1.807) is 11.0 Å². The van der Waals surface area contributed by atoms with Gasteiger partial charge in [-0.1, -0.05) is 5.16 Å². The van der Waals surface area contributed by atoms with E-state index in [-0.39, 0.29) is 18.7 Å². The summed E-state index contributed by atoms with van der Waals surface area (Å²) in [6, 6.07) is 1.70. The molecular weight excluding hydrogens is 284 g/mol. The quantitative estimate of drug-likeness (QED) is 0.793. The highest BCUT2D eigenvalue weighted by atomic mass is 32.1. The molecule has 2 unspecified atom stereocenters. The van der Waals surface area contributed by atoms with E-state index in [0.29, 0.717) is 17.3 Å². The van der Waals surface area contributed by atoms with Gasteiger partial charge in [0, 0.05) is 29.7 Å². The van der Waals surface area contributed by atoms with Gasteiger partial charge in [0.1, 0.15) is 0 Å². The third kappa shape index (κ3) is 4.65. The van der Waals surface area contributed by atoms with Gasteiger partial charge >= 0.3 is 6.09 Å². The predicted octanol–water partition coefficient (Wildman–Crippen LogP) is 2.56. The number of thiol groups is 2. The standard InChI is InChI=1S/C12H20N2O3S2/c1-8-4-11(17-13-8)5-16-12(15)14(9(2)6-18)10(3)7-19/h4,9-10,18-19H,5-7H2,1-3H3. The summed E-state index contributed by atoms with van der Waals surface area (Å²) in [5.74, 6) is 1.66. The highest BCUT2D eigenvalue weighted by Gasteiger charge is 2.25. The number of hydrogen-bond acceptors (Lipinski definition) is 6. The zero-order chi connectivity index (χ0) is 14.4. The van der Waals surface area contributed by atoms with Gasteiger partial charge in [-0.3, -0.25) is 0 Å². The predicted molar refractivity (Wildman–Crippen MR) is 79.9 cm³/mol. The molecule has 0 saturated carbocycles. The second-order valence-corrected chi connectivity index (χ2v) is 5.19. The number of amides is 1. The first-order valence-electron chi connectivity index (χ1n) is 6.08. The Labute approximate surface area is 124 Å². The summed E-state index contributed by atoms with van der Waals surface area (Å²) < 4.78 is 10.2. The van der Waals surface area contributed by atoms with Crippen molar-refractivity contribution in [2.75, 3.05) is 11.5 Å². The molecule has 2 atom stereocenters. The molecule has 7 heteroatoms. The number of carbonyl (C=O) groups is 1. The van der Waals surface area contributed by atoms with Crippen LogP contribution >= 0.6 is 25.3 Å². The van der Waals surface area contributed by atoms with Crippen molar-refractivity contribution in [1.29, 1.82) is 0 Å². The van der Waals surface area contributed by atoms with Crippen LogP contribution in [-0.2, 0) is 11.3 Å². The molecule has 0 N–H and O–H groups in total. The van der Waals surface area contributed by atoms with Crippen LogP contribution in [0, 0.1) is 6.92 Å². The summed E-state index contributed by atoms with van der Waals surface area (Å²) in [6.45, 7) is 5.74. The smallest absolute Gasteiger partial charge is 0.410 e. The lowest BCUT2D eigenvalue weighted by Crippen LogP contribution is -2.46. The molecule has 1 aromatic rings. The summed E-state index contributed by atoms with van der Waals surface area (Å²) in [5, 5.41) is 3.74. The Morgan fingerprint density at radius 2 is 2.00 bits per heavy atom. The minimum absolute atomic E-state index is 0.0190. The number of aromatic nitrogens is 1. The van der Waals surface area contributed by atoms with E-state index in [4.69, 9.17) is 9.26 Å². The van der Waals surface area contributed by atoms with Gasteiger partial charge in [-0.05, 0) is 20.8 Å². The summed E-state index contributed by atoms with van der Waals surface area (Å²) >= 11 is 8.44. The van der Waals surface area contributed by atoms with Crippen LogP contribution in [-0.4, -0.2) is 39.7 Å². The van der Waals surface area contributed by atoms with Gasteiger partial charge in [-0.25, -0.2) is 4.79 Å². The molecule has 19 heavy (non-hydrogen) atoms. The Morgan fingerprint density at radius 1 is 1.42 bits per heavy atom. The fourth-order valence-corrected chi connectivity index (χ4v) is 2.01. The van der Waals surface area contributed by atoms with Gasteiger partial charge < -0.3 is 14.2 Å². The fraction of sp³-hybridized carbons (Fsp3) is 0.667. The number of ether oxygens (including phenoxy) is 1. The third-order valence-electron chi connectivity index (χ3n) is 2.70. The van der Waals surface area contributed by atoms with Crippen molar-refractivity contribution >= 4 is 31.4 Å². The Bertz CT molecular complexity index is 401. The van der Waals surface area contributed by atoms with Crippen LogP contribution in [0.2, 0.25) is 0 Å². The summed E-state index contributed by atoms with van der Waals surface area (Å²) in [6.07, 6.45) is -0.392. The van der Waals surface area contributed by atoms with Crippen molar-refractivity contribution in [2.45, 2.75) is 39.5 Å². The molecule has 0 radical (unpaired) electrons. The molecule has 0 fully saturated rings. The maximum Gasteiger partial charge on any atom is 0.410 e. The number of rotatable bonds is 6. The molecule has 5 nitrogen and oxygen atoms in total. The molecule has 1 rings (SSSR count). The highest BCUT2D eigenvalue weighted by Crippen LogP contribution is 2.13. The summed E-state index contributed by atoms with van der Waals surface area (Å²) in [4.78, 5) is 13.7. The molecule has 0 spiro atoms. The lowest BCUT2D eigenvalue weighted by Gasteiger charge is -2.32. The van der Waals surface area contributed by atoms with Crippen molar-refractivity contribution in [1.82, 2.24) is 10.1 Å². The van der Waals surface area contributed by atoms with E-state index in [2.05, 4.69) is 30.4 Å². The van der Waals surface area contributed by atoms with E-state index in [1.165, 1.54) is 0 Å². The molecule has 1 amide bonds. The zero-order valence-electron chi connectivity index (χ0n) is 11.4. The van der Waals surface area contributed by atoms with Crippen molar-refractivity contribution < 1.29 is 14.1 Å². The minimum atomic E-state index is -0.392. The Kier molecular flexibility index (Phi) is 6.57. The second-order valence-electron chi connectivity index (χ2n) is 4.46. The van der Waals surface area contributed by atoms with E-state index in [9.17, 15) is 4.79 Å². The van der Waals surface area contributed by atoms with E-state index >= 15 is 0 Å². The topological polar surface area (TPSA) is 55.6 Å². The molecule has 0 aromatic carbocycles. The van der Waals surface area contributed by atoms with Crippen molar-refractivity contribution in [3.05, 3.63) is 17.5 Å². The molecule has 1 heterocycles. The maximum atomic E-state index is 12.1. The molecule has 108 valence electrons. The molecule has 0 saturated heterocycles. The van der Waals surface area contributed by atoms with E-state index in [1.807, 2.05) is 20.8 Å². The van der Waals surface area contributed by atoms with Crippen LogP contribution in [0.1, 0.15) is 25.3 Å². The van der Waals surface area contributed by atoms with Crippen LogP contribution in [0.25, 0.3) is 0 Å². The monoisotopic (exact) mass is 304 g/mol. The average molecular weight is 304 g/mol. The Hall–Kier alpha value is -0.820. The average Bonchev–Trinajstić information content (AvgIpc) is 2.81. The lowest BCUT2D eigenvalue weighted by atomic mass is 10.2. The second kappa shape index (κ2) is 7.69. The summed E-state index contributed by atoms with van der Waals surface area (Å²) in [5.41, 5.74) is 0.760. The van der Waals surface area contributed by atoms with Gasteiger partial charge in [-0.2, -0.15) is 25.3 Å². The van der Waals surface area contributed by atoms with Gasteiger partial charge in [0.2, 0.25) is 0 Å². The van der Waals surface area contributed by atoms with Crippen LogP contribution in [0.3, 0.4) is 0 Å². The van der Waals surface area contributed by atoms with Gasteiger partial charge in [-0.15, -0.1) is 0 Å². The zero-order valence-corrected chi connectivity index (χ0v) is 13.2. The molecular formula is C12H20N2O3S2. The van der Waals surface area contributed by atoms with E-state index in [0.717, 1.165) is 5.69 Å². The third-order valence-corrected chi connectivity index (χ3v) is 3.76. The van der Waals surface area contributed by atoms with Gasteiger partial charge in [0.05, 0.1) is 5.69 Å². The minimum Gasteiger partial charge on any atom is -0.441 e. The molecule has 0 bridgehead atoms. The largest absolute Gasteiger partial charge is 0.441 e. The van der Waals surface area contributed by atoms with Crippen molar-refractivity contribution in [3.8, 4) is 0 Å². The van der Waals surface area contributed by atoms with Gasteiger partial charge in [0.15, 0.2) is 12.4 Å². The van der Waals surface area contributed by atoms with Crippen LogP contribution in [0.4, 0.5) is 4.79 Å². The molecule has 0 aliphatic carbocycles. The number of aryl methyl sites for hydroxylation is 1. The van der Waals surface area contributed by atoms with Crippen molar-refractivity contribution in [3.63, 3.8) is 0 Å². The van der Waals surface area contributed by atoms with Crippen LogP contribution in [0.15, 0.2) is 10.6 Å². The number of nitrogens with zero attached hydrogens (tertiary/aromatic N) is 2. The normalized spacial score (nSPS) is 13.9. The molecule has 1 aromatic heterocycles. The first-order valence-corrected chi connectivity index (χ1v) is 7.35. The fourth-order valence-electron chi connectivity index (χ4n) is 1.66. The number of hydrogen-bond donors (Lipinski definition) is 2. The molecule has 0 aliphatic heterocycles. The Balaban J connectivity index is 2.61. The van der Waals surface area contributed by atoms with Crippen LogP contribution < -0.4 is 0 Å². The SMILES string of the molecule is Cc1cc(COC(=O)N(C(C)CS)C(C)CS)on1. The lowest BCUT2D eigenvalue weighted by molar-refractivity contribution is 0.0687. The Morgan fingerprint density at radius 3 is 2.42 bits per heavy atom. The molecule has 0 aliphatic rings. The summed E-state index contributed by atoms with van der Waals surface area (Å²) in [7, 11) is 0. The van der Waals surface area contributed by atoms with Crippen molar-refractivity contribution in [2.24, 2.45) is 0 Å². The highest BCUT2D eigenvalue weighted by molar-refractivity contribution is 7.80.